The number of amides is 1. The third-order valence-electron chi connectivity index (χ3n) is 5.32. The van der Waals surface area contributed by atoms with Crippen molar-refractivity contribution in [2.24, 2.45) is 5.92 Å². The summed E-state index contributed by atoms with van der Waals surface area (Å²) in [7, 11) is 0. The lowest BCUT2D eigenvalue weighted by Crippen LogP contribution is -2.47. The van der Waals surface area contributed by atoms with Crippen LogP contribution in [0.15, 0.2) is 0 Å². The Balaban J connectivity index is 0.00000264. The molecule has 2 N–H and O–H groups in total. The number of carbonyl (C=O) groups is 1. The summed E-state index contributed by atoms with van der Waals surface area (Å²) in [4.78, 5) is 14.7. The number of unbranched alkanes of at least 4 members (excludes halogenated alkanes) is 1. The Hall–Kier alpha value is -0.0300. The van der Waals surface area contributed by atoms with Crippen molar-refractivity contribution in [1.82, 2.24) is 15.5 Å². The molecule has 24 heavy (non-hydrogen) atoms. The molecule has 2 aliphatic heterocycles. The third-order valence-corrected chi connectivity index (χ3v) is 5.32. The highest BCUT2D eigenvalue weighted by Gasteiger charge is 2.22. The summed E-state index contributed by atoms with van der Waals surface area (Å²) in [5.41, 5.74) is 0. The number of nitrogens with zero attached hydrogens (tertiary/aromatic N) is 1. The van der Waals surface area contributed by atoms with Gasteiger partial charge in [-0.15, -0.1) is 24.8 Å². The topological polar surface area (TPSA) is 44.4 Å². The molecule has 1 unspecified atom stereocenters. The number of nitrogens with one attached hydrogen (secondary N) is 2. The van der Waals surface area contributed by atoms with Crippen LogP contribution in [0.1, 0.15) is 64.7 Å². The molecule has 2 heterocycles. The summed E-state index contributed by atoms with van der Waals surface area (Å²) in [6.07, 6.45) is 10.7. The van der Waals surface area contributed by atoms with Gasteiger partial charge in [0.15, 0.2) is 0 Å². The van der Waals surface area contributed by atoms with Crippen molar-refractivity contribution in [3.8, 4) is 0 Å². The maximum Gasteiger partial charge on any atom is 0.220 e. The van der Waals surface area contributed by atoms with Crippen LogP contribution in [0.2, 0.25) is 0 Å². The molecule has 1 amide bonds. The molecule has 0 aromatic heterocycles. The number of hydrogen-bond acceptors (Lipinski definition) is 3. The van der Waals surface area contributed by atoms with E-state index in [9.17, 15) is 4.79 Å². The van der Waals surface area contributed by atoms with Crippen molar-refractivity contribution < 1.29 is 4.79 Å². The molecule has 0 aromatic carbocycles. The lowest BCUT2D eigenvalue weighted by molar-refractivity contribution is -0.121. The molecule has 2 saturated heterocycles. The van der Waals surface area contributed by atoms with Crippen molar-refractivity contribution in [2.75, 3.05) is 32.7 Å². The lowest BCUT2D eigenvalue weighted by atomic mass is 9.93. The minimum atomic E-state index is 0. The van der Waals surface area contributed by atoms with Crippen molar-refractivity contribution >= 4 is 30.7 Å². The average Bonchev–Trinajstić information content (AvgIpc) is 2.58. The highest BCUT2D eigenvalue weighted by atomic mass is 35.5. The monoisotopic (exact) mass is 381 g/mol. The zero-order chi connectivity index (χ0) is 15.6. The SMILES string of the molecule is CCCCN1CCCCC1CNC(=O)CCC1CCNCC1.Cl.Cl. The molecule has 2 rings (SSSR count). The molecule has 0 aliphatic carbocycles. The summed E-state index contributed by atoms with van der Waals surface area (Å²) in [6.45, 7) is 7.78. The van der Waals surface area contributed by atoms with E-state index in [2.05, 4.69) is 22.5 Å². The van der Waals surface area contributed by atoms with Gasteiger partial charge in [0.05, 0.1) is 0 Å². The van der Waals surface area contributed by atoms with Crippen LogP contribution in [0.3, 0.4) is 0 Å². The molecule has 144 valence electrons. The van der Waals surface area contributed by atoms with Crippen LogP contribution in [0.5, 0.6) is 0 Å². The normalized spacial score (nSPS) is 22.3. The molecular formula is C18H37Cl2N3O. The summed E-state index contributed by atoms with van der Waals surface area (Å²) in [5.74, 6) is 1.02. The molecule has 0 bridgehead atoms. The van der Waals surface area contributed by atoms with E-state index in [1.54, 1.807) is 0 Å². The Labute approximate surface area is 160 Å². The molecule has 2 fully saturated rings. The Morgan fingerprint density at radius 3 is 2.62 bits per heavy atom. The van der Waals surface area contributed by atoms with Crippen molar-refractivity contribution in [3.05, 3.63) is 0 Å². The van der Waals surface area contributed by atoms with Crippen molar-refractivity contribution in [1.29, 1.82) is 0 Å². The second kappa shape index (κ2) is 14.2. The largest absolute Gasteiger partial charge is 0.355 e. The second-order valence-electron chi connectivity index (χ2n) is 7.08. The van der Waals surface area contributed by atoms with Crippen LogP contribution in [0.4, 0.5) is 0 Å². The van der Waals surface area contributed by atoms with Gasteiger partial charge in [-0.2, -0.15) is 0 Å². The van der Waals surface area contributed by atoms with Gasteiger partial charge in [0.1, 0.15) is 0 Å². The number of likely N-dealkylation sites (tertiary alicyclic amines) is 1. The van der Waals surface area contributed by atoms with Gasteiger partial charge in [-0.3, -0.25) is 9.69 Å². The van der Waals surface area contributed by atoms with Crippen LogP contribution in [-0.2, 0) is 4.79 Å². The highest BCUT2D eigenvalue weighted by molar-refractivity contribution is 5.85. The lowest BCUT2D eigenvalue weighted by Gasteiger charge is -2.35. The molecule has 4 nitrogen and oxygen atoms in total. The van der Waals surface area contributed by atoms with Gasteiger partial charge >= 0.3 is 0 Å². The van der Waals surface area contributed by atoms with E-state index in [1.165, 1.54) is 58.0 Å². The van der Waals surface area contributed by atoms with Crippen molar-refractivity contribution in [3.63, 3.8) is 0 Å². The maximum atomic E-state index is 12.1. The van der Waals surface area contributed by atoms with E-state index in [0.29, 0.717) is 12.5 Å². The van der Waals surface area contributed by atoms with Crippen LogP contribution in [0.25, 0.3) is 0 Å². The van der Waals surface area contributed by atoms with E-state index < -0.39 is 0 Å². The quantitative estimate of drug-likeness (QED) is 0.677. The predicted molar refractivity (Wildman–Crippen MR) is 106 cm³/mol. The van der Waals surface area contributed by atoms with Gasteiger partial charge in [0.2, 0.25) is 5.91 Å². The van der Waals surface area contributed by atoms with Crippen LogP contribution < -0.4 is 10.6 Å². The van der Waals surface area contributed by atoms with E-state index in [0.717, 1.165) is 32.0 Å². The van der Waals surface area contributed by atoms with Gasteiger partial charge in [0.25, 0.3) is 0 Å². The number of piperidine rings is 2. The summed E-state index contributed by atoms with van der Waals surface area (Å²) in [6, 6.07) is 0.572. The second-order valence-corrected chi connectivity index (χ2v) is 7.08. The first-order valence-electron chi connectivity index (χ1n) is 9.51. The molecule has 0 spiro atoms. The molecule has 6 heteroatoms. The zero-order valence-electron chi connectivity index (χ0n) is 15.2. The van der Waals surface area contributed by atoms with Crippen LogP contribution in [0, 0.1) is 5.92 Å². The Morgan fingerprint density at radius 2 is 1.92 bits per heavy atom. The van der Waals surface area contributed by atoms with Crippen LogP contribution >= 0.6 is 24.8 Å². The molecule has 1 atom stereocenters. The summed E-state index contributed by atoms with van der Waals surface area (Å²) >= 11 is 0. The molecule has 0 aromatic rings. The predicted octanol–water partition coefficient (Wildman–Crippen LogP) is 3.38. The minimum absolute atomic E-state index is 0. The number of carbonyl (C=O) groups excluding carboxylic acids is 1. The molecule has 2 aliphatic rings. The molecular weight excluding hydrogens is 345 g/mol. The first kappa shape index (κ1) is 24.0. The van der Waals surface area contributed by atoms with Gasteiger partial charge < -0.3 is 10.6 Å². The van der Waals surface area contributed by atoms with Gasteiger partial charge in [-0.1, -0.05) is 19.8 Å². The number of halogens is 2. The highest BCUT2D eigenvalue weighted by Crippen LogP contribution is 2.19. The summed E-state index contributed by atoms with van der Waals surface area (Å²) in [5, 5.41) is 6.59. The van der Waals surface area contributed by atoms with E-state index in [-0.39, 0.29) is 30.7 Å². The standard InChI is InChI=1S/C18H35N3O.2ClH/c1-2-3-13-21-14-5-4-6-17(21)15-20-18(22)8-7-16-9-11-19-12-10-16;;/h16-17,19H,2-15H2,1H3,(H,20,22);2*1H. The molecule has 0 saturated carbocycles. The first-order valence-corrected chi connectivity index (χ1v) is 9.51. The maximum absolute atomic E-state index is 12.1. The van der Waals surface area contributed by atoms with Crippen LogP contribution in [-0.4, -0.2) is 49.6 Å². The fourth-order valence-electron chi connectivity index (χ4n) is 3.77. The zero-order valence-corrected chi connectivity index (χ0v) is 16.9. The minimum Gasteiger partial charge on any atom is -0.355 e. The average molecular weight is 382 g/mol. The first-order chi connectivity index (χ1) is 10.8. The van der Waals surface area contributed by atoms with E-state index in [4.69, 9.17) is 0 Å². The third kappa shape index (κ3) is 8.89. The molecule has 0 radical (unpaired) electrons. The fourth-order valence-corrected chi connectivity index (χ4v) is 3.77. The van der Waals surface area contributed by atoms with Gasteiger partial charge in [-0.25, -0.2) is 0 Å². The Bertz CT molecular complexity index is 325. The smallest absolute Gasteiger partial charge is 0.220 e. The number of hydrogen-bond donors (Lipinski definition) is 2. The Kier molecular flexibility index (Phi) is 14.2. The van der Waals surface area contributed by atoms with E-state index in [1.807, 2.05) is 0 Å². The fraction of sp³-hybridized carbons (Fsp3) is 0.944. The van der Waals surface area contributed by atoms with Gasteiger partial charge in [-0.05, 0) is 70.6 Å². The Morgan fingerprint density at radius 1 is 1.17 bits per heavy atom. The van der Waals surface area contributed by atoms with Crippen molar-refractivity contribution in [2.45, 2.75) is 70.8 Å². The number of rotatable bonds is 8. The van der Waals surface area contributed by atoms with Gasteiger partial charge in [0, 0.05) is 19.0 Å². The van der Waals surface area contributed by atoms with E-state index >= 15 is 0 Å². The summed E-state index contributed by atoms with van der Waals surface area (Å²) < 4.78 is 0.